The lowest BCUT2D eigenvalue weighted by Gasteiger charge is -2.05. The number of ketones is 1. The molecule has 1 aromatic carbocycles. The van der Waals surface area contributed by atoms with Crippen molar-refractivity contribution in [2.45, 2.75) is 0 Å². The number of ether oxygens (including phenoxy) is 2. The second-order valence-corrected chi connectivity index (χ2v) is 3.70. The van der Waals surface area contributed by atoms with E-state index in [0.29, 0.717) is 12.1 Å². The van der Waals surface area contributed by atoms with Gasteiger partial charge in [-0.25, -0.2) is 18.0 Å². The zero-order chi connectivity index (χ0) is 15.3. The molecular formula is C13H11F3O4. The Balaban J connectivity index is 3.26. The molecule has 1 aromatic rings. The molecule has 0 spiro atoms. The van der Waals surface area contributed by atoms with Crippen LogP contribution >= 0.6 is 0 Å². The van der Waals surface area contributed by atoms with E-state index < -0.39 is 41.4 Å². The van der Waals surface area contributed by atoms with Gasteiger partial charge in [0.2, 0.25) is 0 Å². The quantitative estimate of drug-likeness (QED) is 0.273. The van der Waals surface area contributed by atoms with Gasteiger partial charge in [0.05, 0.1) is 7.11 Å². The molecule has 0 heterocycles. The van der Waals surface area contributed by atoms with Crippen LogP contribution in [0.25, 0.3) is 6.08 Å². The zero-order valence-electron chi connectivity index (χ0n) is 10.7. The molecule has 0 radical (unpaired) electrons. The molecule has 0 fully saturated rings. The Bertz CT molecular complexity index is 544. The predicted octanol–water partition coefficient (Wildman–Crippen LogP) is 1.88. The average Bonchev–Trinajstić information content (AvgIpc) is 2.41. The molecule has 0 amide bonds. The van der Waals surface area contributed by atoms with Crippen LogP contribution in [0, 0.1) is 17.5 Å². The standard InChI is InChI=1S/C13H11F3O4/c1-19-6-11(17)8(13(18)20-2)3-7-4-9(14)12(16)10(15)5-7/h3-5H,6H2,1-2H3/b8-3-. The van der Waals surface area contributed by atoms with Crippen molar-refractivity contribution >= 4 is 17.8 Å². The van der Waals surface area contributed by atoms with Gasteiger partial charge in [0, 0.05) is 7.11 Å². The van der Waals surface area contributed by atoms with Gasteiger partial charge in [0.1, 0.15) is 12.2 Å². The Labute approximate surface area is 112 Å². The summed E-state index contributed by atoms with van der Waals surface area (Å²) in [6, 6.07) is 1.31. The highest BCUT2D eigenvalue weighted by Crippen LogP contribution is 2.17. The fraction of sp³-hybridized carbons (Fsp3) is 0.231. The minimum absolute atomic E-state index is 0.189. The van der Waals surface area contributed by atoms with E-state index in [-0.39, 0.29) is 5.56 Å². The van der Waals surface area contributed by atoms with Gasteiger partial charge in [0.25, 0.3) is 0 Å². The van der Waals surface area contributed by atoms with Crippen molar-refractivity contribution in [1.82, 2.24) is 0 Å². The second-order valence-electron chi connectivity index (χ2n) is 3.70. The van der Waals surface area contributed by atoms with Gasteiger partial charge in [-0.15, -0.1) is 0 Å². The number of methoxy groups -OCH3 is 2. The van der Waals surface area contributed by atoms with E-state index in [4.69, 9.17) is 0 Å². The van der Waals surface area contributed by atoms with Crippen LogP contribution < -0.4 is 0 Å². The van der Waals surface area contributed by atoms with Crippen LogP contribution in [0.4, 0.5) is 13.2 Å². The minimum atomic E-state index is -1.63. The van der Waals surface area contributed by atoms with E-state index in [1.807, 2.05) is 0 Å². The highest BCUT2D eigenvalue weighted by atomic mass is 19.2. The Morgan fingerprint density at radius 3 is 2.15 bits per heavy atom. The molecule has 0 aliphatic rings. The molecule has 0 bridgehead atoms. The van der Waals surface area contributed by atoms with Gasteiger partial charge >= 0.3 is 5.97 Å². The van der Waals surface area contributed by atoms with Gasteiger partial charge in [-0.3, -0.25) is 4.79 Å². The number of benzene rings is 1. The summed E-state index contributed by atoms with van der Waals surface area (Å²) in [5, 5.41) is 0. The molecule has 20 heavy (non-hydrogen) atoms. The van der Waals surface area contributed by atoms with E-state index in [0.717, 1.165) is 13.2 Å². The summed E-state index contributed by atoms with van der Waals surface area (Å²) >= 11 is 0. The van der Waals surface area contributed by atoms with Crippen molar-refractivity contribution < 1.29 is 32.2 Å². The lowest BCUT2D eigenvalue weighted by Crippen LogP contribution is -2.18. The third-order valence-electron chi connectivity index (χ3n) is 2.30. The Morgan fingerprint density at radius 1 is 1.15 bits per heavy atom. The van der Waals surface area contributed by atoms with Crippen LogP contribution in [0.2, 0.25) is 0 Å². The molecule has 0 aliphatic heterocycles. The summed E-state index contributed by atoms with van der Waals surface area (Å²) in [7, 11) is 2.28. The monoisotopic (exact) mass is 288 g/mol. The van der Waals surface area contributed by atoms with Crippen molar-refractivity contribution in [2.24, 2.45) is 0 Å². The Hall–Kier alpha value is -2.15. The van der Waals surface area contributed by atoms with Crippen molar-refractivity contribution in [3.8, 4) is 0 Å². The van der Waals surface area contributed by atoms with Crippen LogP contribution in [-0.4, -0.2) is 32.6 Å². The Kier molecular flexibility index (Phi) is 5.45. The maximum absolute atomic E-state index is 13.1. The number of rotatable bonds is 5. The summed E-state index contributed by atoms with van der Waals surface area (Å²) in [6.45, 7) is -0.410. The van der Waals surface area contributed by atoms with Crippen molar-refractivity contribution in [3.63, 3.8) is 0 Å². The number of carbonyl (C=O) groups is 2. The zero-order valence-corrected chi connectivity index (χ0v) is 10.7. The molecule has 0 aliphatic carbocycles. The first-order valence-corrected chi connectivity index (χ1v) is 5.37. The minimum Gasteiger partial charge on any atom is -0.465 e. The molecule has 0 saturated heterocycles. The lowest BCUT2D eigenvalue weighted by molar-refractivity contribution is -0.138. The normalized spacial score (nSPS) is 11.3. The maximum atomic E-state index is 13.1. The van der Waals surface area contributed by atoms with E-state index in [1.165, 1.54) is 7.11 Å². The molecule has 108 valence electrons. The SMILES string of the molecule is COCC(=O)/C(=C/c1cc(F)c(F)c(F)c1)C(=O)OC. The van der Waals surface area contributed by atoms with Crippen LogP contribution in [0.1, 0.15) is 5.56 Å². The molecule has 0 N–H and O–H groups in total. The third kappa shape index (κ3) is 3.67. The fourth-order valence-electron chi connectivity index (χ4n) is 1.40. The molecule has 0 atom stereocenters. The van der Waals surface area contributed by atoms with E-state index >= 15 is 0 Å². The number of hydrogen-bond acceptors (Lipinski definition) is 4. The summed E-state index contributed by atoms with van der Waals surface area (Å²) in [5.41, 5.74) is -0.647. The van der Waals surface area contributed by atoms with Crippen LogP contribution in [0.3, 0.4) is 0 Å². The number of carbonyl (C=O) groups excluding carboxylic acids is 2. The van der Waals surface area contributed by atoms with E-state index in [1.54, 1.807) is 0 Å². The van der Waals surface area contributed by atoms with Crippen molar-refractivity contribution in [1.29, 1.82) is 0 Å². The topological polar surface area (TPSA) is 52.6 Å². The summed E-state index contributed by atoms with van der Waals surface area (Å²) in [4.78, 5) is 23.1. The molecule has 0 aromatic heterocycles. The first-order valence-electron chi connectivity index (χ1n) is 5.37. The van der Waals surface area contributed by atoms with Gasteiger partial charge in [-0.05, 0) is 23.8 Å². The Morgan fingerprint density at radius 2 is 1.70 bits per heavy atom. The predicted molar refractivity (Wildman–Crippen MR) is 63.2 cm³/mol. The summed E-state index contributed by atoms with van der Waals surface area (Å²) in [6.07, 6.45) is 0.902. The maximum Gasteiger partial charge on any atom is 0.341 e. The summed E-state index contributed by atoms with van der Waals surface area (Å²) in [5.74, 6) is -6.22. The molecular weight excluding hydrogens is 277 g/mol. The van der Waals surface area contributed by atoms with Crippen LogP contribution in [0.15, 0.2) is 17.7 Å². The molecule has 7 heteroatoms. The first kappa shape index (κ1) is 15.9. The highest BCUT2D eigenvalue weighted by molar-refractivity contribution is 6.21. The van der Waals surface area contributed by atoms with E-state index in [9.17, 15) is 22.8 Å². The molecule has 1 rings (SSSR count). The fourth-order valence-corrected chi connectivity index (χ4v) is 1.40. The van der Waals surface area contributed by atoms with Crippen molar-refractivity contribution in [2.75, 3.05) is 20.8 Å². The van der Waals surface area contributed by atoms with Gasteiger partial charge in [-0.1, -0.05) is 0 Å². The van der Waals surface area contributed by atoms with Gasteiger partial charge in [-0.2, -0.15) is 0 Å². The van der Waals surface area contributed by atoms with E-state index in [2.05, 4.69) is 9.47 Å². The third-order valence-corrected chi connectivity index (χ3v) is 2.30. The van der Waals surface area contributed by atoms with Gasteiger partial charge < -0.3 is 9.47 Å². The number of Topliss-reactive ketones (excluding diaryl/α,β-unsaturated/α-hetero) is 1. The highest BCUT2D eigenvalue weighted by Gasteiger charge is 2.19. The largest absolute Gasteiger partial charge is 0.465 e. The molecule has 4 nitrogen and oxygen atoms in total. The lowest BCUT2D eigenvalue weighted by atomic mass is 10.1. The summed E-state index contributed by atoms with van der Waals surface area (Å²) < 4.78 is 47.9. The van der Waals surface area contributed by atoms with Crippen LogP contribution in [0.5, 0.6) is 0 Å². The van der Waals surface area contributed by atoms with Gasteiger partial charge in [0.15, 0.2) is 23.2 Å². The molecule has 0 saturated carbocycles. The first-order chi connectivity index (χ1) is 9.40. The average molecular weight is 288 g/mol. The van der Waals surface area contributed by atoms with Crippen molar-refractivity contribution in [3.05, 3.63) is 40.7 Å². The second kappa shape index (κ2) is 6.85. The molecule has 0 unspecified atom stereocenters. The van der Waals surface area contributed by atoms with Crippen LogP contribution in [-0.2, 0) is 19.1 Å². The smallest absolute Gasteiger partial charge is 0.341 e. The number of halogens is 3. The number of esters is 1. The number of hydrogen-bond donors (Lipinski definition) is 0.